The Morgan fingerprint density at radius 1 is 1.54 bits per heavy atom. The molecule has 0 aliphatic rings. The number of anilines is 1. The summed E-state index contributed by atoms with van der Waals surface area (Å²) in [5.74, 6) is 0.745. The number of nitrogen functional groups attached to an aromatic ring is 1. The lowest BCUT2D eigenvalue weighted by Crippen LogP contribution is -2.16. The van der Waals surface area contributed by atoms with Crippen LogP contribution in [0.25, 0.3) is 0 Å². The quantitative estimate of drug-likeness (QED) is 0.480. The van der Waals surface area contributed by atoms with Gasteiger partial charge in [0.05, 0.1) is 0 Å². The van der Waals surface area contributed by atoms with Crippen LogP contribution >= 0.6 is 0 Å². The number of nitrogens with one attached hydrogen (secondary N) is 2. The van der Waals surface area contributed by atoms with Crippen molar-refractivity contribution in [1.29, 1.82) is 5.41 Å². The molecule has 0 bridgehead atoms. The molecule has 0 saturated carbocycles. The zero-order valence-electron chi connectivity index (χ0n) is 7.83. The summed E-state index contributed by atoms with van der Waals surface area (Å²) < 4.78 is 0. The van der Waals surface area contributed by atoms with Gasteiger partial charge in [-0.2, -0.15) is 0 Å². The number of hydrogen-bond donors (Lipinski definition) is 3. The van der Waals surface area contributed by atoms with Gasteiger partial charge in [-0.25, -0.2) is 4.98 Å². The van der Waals surface area contributed by atoms with Crippen molar-refractivity contribution < 1.29 is 0 Å². The zero-order valence-corrected chi connectivity index (χ0v) is 7.83. The average molecular weight is 178 g/mol. The molecule has 0 amide bonds. The number of hydrogen-bond acceptors (Lipinski definition) is 3. The molecule has 4 nitrogen and oxygen atoms in total. The molecule has 1 aromatic rings. The summed E-state index contributed by atoms with van der Waals surface area (Å²) in [7, 11) is 0. The van der Waals surface area contributed by atoms with Gasteiger partial charge in [0, 0.05) is 6.04 Å². The van der Waals surface area contributed by atoms with Gasteiger partial charge in [-0.05, 0) is 26.0 Å². The van der Waals surface area contributed by atoms with Crippen LogP contribution in [-0.4, -0.2) is 16.9 Å². The average Bonchev–Trinajstić information content (AvgIpc) is 2.03. The minimum absolute atomic E-state index is 0.00703. The van der Waals surface area contributed by atoms with E-state index in [1.807, 2.05) is 26.0 Å². The molecule has 0 saturated heterocycles. The van der Waals surface area contributed by atoms with Crippen molar-refractivity contribution in [1.82, 2.24) is 4.98 Å². The lowest BCUT2D eigenvalue weighted by atomic mass is 10.3. The van der Waals surface area contributed by atoms with Gasteiger partial charge in [0.15, 0.2) is 0 Å². The van der Waals surface area contributed by atoms with Crippen LogP contribution in [0.5, 0.6) is 0 Å². The summed E-state index contributed by atoms with van der Waals surface area (Å²) >= 11 is 0. The largest absolute Gasteiger partial charge is 0.382 e. The van der Waals surface area contributed by atoms with Gasteiger partial charge in [0.25, 0.3) is 0 Å². The van der Waals surface area contributed by atoms with Gasteiger partial charge in [-0.3, -0.25) is 5.41 Å². The molecule has 0 radical (unpaired) electrons. The van der Waals surface area contributed by atoms with E-state index in [4.69, 9.17) is 11.1 Å². The summed E-state index contributed by atoms with van der Waals surface area (Å²) in [6.07, 6.45) is 0. The van der Waals surface area contributed by atoms with Crippen molar-refractivity contribution in [2.75, 3.05) is 5.32 Å². The third kappa shape index (κ3) is 2.74. The Kier molecular flexibility index (Phi) is 2.84. The number of amidine groups is 1. The van der Waals surface area contributed by atoms with E-state index in [1.165, 1.54) is 0 Å². The fraction of sp³-hybridized carbons (Fsp3) is 0.333. The molecular weight excluding hydrogens is 164 g/mol. The van der Waals surface area contributed by atoms with Crippen LogP contribution in [-0.2, 0) is 0 Å². The monoisotopic (exact) mass is 178 g/mol. The lowest BCUT2D eigenvalue weighted by Gasteiger charge is -2.09. The van der Waals surface area contributed by atoms with Crippen LogP contribution < -0.4 is 11.1 Å². The molecule has 1 heterocycles. The van der Waals surface area contributed by atoms with Crippen molar-refractivity contribution >= 4 is 11.7 Å². The molecular formula is C9H14N4. The normalized spacial score (nSPS) is 10.1. The fourth-order valence-electron chi connectivity index (χ4n) is 0.961. The van der Waals surface area contributed by atoms with Gasteiger partial charge in [-0.1, -0.05) is 6.07 Å². The predicted molar refractivity (Wildman–Crippen MR) is 54.0 cm³/mol. The Hall–Kier alpha value is -1.58. The van der Waals surface area contributed by atoms with Crippen molar-refractivity contribution in [3.8, 4) is 0 Å². The molecule has 70 valence electrons. The third-order valence-electron chi connectivity index (χ3n) is 1.46. The first-order valence-electron chi connectivity index (χ1n) is 4.17. The number of aromatic nitrogens is 1. The molecule has 4 N–H and O–H groups in total. The predicted octanol–water partition coefficient (Wildman–Crippen LogP) is 1.19. The summed E-state index contributed by atoms with van der Waals surface area (Å²) in [5, 5.41) is 10.3. The van der Waals surface area contributed by atoms with E-state index in [1.54, 1.807) is 6.07 Å². The molecule has 0 aliphatic heterocycles. The molecule has 1 aromatic heterocycles. The van der Waals surface area contributed by atoms with E-state index < -0.39 is 0 Å². The SMILES string of the molecule is CC(C)Nc1cccc(C(=N)N)n1. The lowest BCUT2D eigenvalue weighted by molar-refractivity contribution is 0.888. The maximum Gasteiger partial charge on any atom is 0.141 e. The number of rotatable bonds is 3. The highest BCUT2D eigenvalue weighted by molar-refractivity contribution is 5.93. The molecule has 0 fully saturated rings. The maximum atomic E-state index is 7.20. The van der Waals surface area contributed by atoms with Crippen molar-refractivity contribution in [3.05, 3.63) is 23.9 Å². The molecule has 1 rings (SSSR count). The minimum Gasteiger partial charge on any atom is -0.382 e. The Morgan fingerprint density at radius 3 is 2.77 bits per heavy atom. The van der Waals surface area contributed by atoms with E-state index in [0.717, 1.165) is 5.82 Å². The van der Waals surface area contributed by atoms with E-state index in [9.17, 15) is 0 Å². The number of pyridine rings is 1. The Labute approximate surface area is 77.7 Å². The van der Waals surface area contributed by atoms with Gasteiger partial charge in [0.1, 0.15) is 17.3 Å². The van der Waals surface area contributed by atoms with E-state index >= 15 is 0 Å². The molecule has 0 atom stereocenters. The highest BCUT2D eigenvalue weighted by atomic mass is 15.0. The second kappa shape index (κ2) is 3.89. The topological polar surface area (TPSA) is 74.8 Å². The number of nitrogens with zero attached hydrogens (tertiary/aromatic N) is 1. The zero-order chi connectivity index (χ0) is 9.84. The molecule has 13 heavy (non-hydrogen) atoms. The third-order valence-corrected chi connectivity index (χ3v) is 1.46. The second-order valence-electron chi connectivity index (χ2n) is 3.12. The van der Waals surface area contributed by atoms with Crippen LogP contribution in [0, 0.1) is 5.41 Å². The van der Waals surface area contributed by atoms with E-state index in [-0.39, 0.29) is 5.84 Å². The first-order chi connectivity index (χ1) is 6.09. The first-order valence-corrected chi connectivity index (χ1v) is 4.17. The second-order valence-corrected chi connectivity index (χ2v) is 3.12. The maximum absolute atomic E-state index is 7.20. The van der Waals surface area contributed by atoms with Gasteiger partial charge >= 0.3 is 0 Å². The highest BCUT2D eigenvalue weighted by Gasteiger charge is 2.00. The molecule has 0 aliphatic carbocycles. The summed E-state index contributed by atoms with van der Waals surface area (Å²) in [6.45, 7) is 4.06. The minimum atomic E-state index is -0.00703. The van der Waals surface area contributed by atoms with E-state index in [0.29, 0.717) is 11.7 Å². The highest BCUT2D eigenvalue weighted by Crippen LogP contribution is 2.05. The molecule has 0 unspecified atom stereocenters. The van der Waals surface area contributed by atoms with Crippen molar-refractivity contribution in [2.45, 2.75) is 19.9 Å². The Balaban J connectivity index is 2.85. The van der Waals surface area contributed by atoms with E-state index in [2.05, 4.69) is 10.3 Å². The first kappa shape index (κ1) is 9.51. The van der Waals surface area contributed by atoms with Crippen molar-refractivity contribution in [2.24, 2.45) is 5.73 Å². The standard InChI is InChI=1S/C9H14N4/c1-6(2)12-8-5-3-4-7(13-8)9(10)11/h3-6H,1-2H3,(H3,10,11)(H,12,13). The Morgan fingerprint density at radius 2 is 2.23 bits per heavy atom. The van der Waals surface area contributed by atoms with Gasteiger partial charge in [-0.15, -0.1) is 0 Å². The summed E-state index contributed by atoms with van der Waals surface area (Å²) in [6, 6.07) is 5.73. The smallest absolute Gasteiger partial charge is 0.141 e. The molecule has 4 heteroatoms. The van der Waals surface area contributed by atoms with Crippen LogP contribution in [0.2, 0.25) is 0 Å². The van der Waals surface area contributed by atoms with Crippen LogP contribution in [0.15, 0.2) is 18.2 Å². The van der Waals surface area contributed by atoms with Gasteiger partial charge in [0.2, 0.25) is 0 Å². The molecule has 0 aromatic carbocycles. The van der Waals surface area contributed by atoms with Crippen molar-refractivity contribution in [3.63, 3.8) is 0 Å². The van der Waals surface area contributed by atoms with Crippen LogP contribution in [0.3, 0.4) is 0 Å². The number of nitrogens with two attached hydrogens (primary N) is 1. The van der Waals surface area contributed by atoms with Gasteiger partial charge < -0.3 is 11.1 Å². The summed E-state index contributed by atoms with van der Waals surface area (Å²) in [5.41, 5.74) is 5.81. The molecule has 0 spiro atoms. The fourth-order valence-corrected chi connectivity index (χ4v) is 0.961. The Bertz CT molecular complexity index is 306. The van der Waals surface area contributed by atoms with Crippen LogP contribution in [0.4, 0.5) is 5.82 Å². The summed E-state index contributed by atoms with van der Waals surface area (Å²) in [4.78, 5) is 4.15. The van der Waals surface area contributed by atoms with Crippen LogP contribution in [0.1, 0.15) is 19.5 Å².